The summed E-state index contributed by atoms with van der Waals surface area (Å²) >= 11 is 0. The average molecular weight is 222 g/mol. The number of carbonyl (C=O) groups excluding carboxylic acids is 1. The van der Waals surface area contributed by atoms with Gasteiger partial charge in [-0.15, -0.1) is 0 Å². The molecule has 0 aliphatic rings. The molecule has 2 atom stereocenters. The number of ether oxygens (including phenoxy) is 1. The van der Waals surface area contributed by atoms with E-state index < -0.39 is 12.1 Å². The van der Waals surface area contributed by atoms with E-state index in [2.05, 4.69) is 10.8 Å². The number of benzene rings is 1. The number of aliphatic hydroxyl groups excluding tert-OH is 1. The fraction of sp³-hybridized carbons (Fsp3) is 0.462. The maximum absolute atomic E-state index is 11.2. The monoisotopic (exact) mass is 222 g/mol. The predicted molar refractivity (Wildman–Crippen MR) is 62.4 cm³/mol. The van der Waals surface area contributed by atoms with Gasteiger partial charge < -0.3 is 9.84 Å². The van der Waals surface area contributed by atoms with Gasteiger partial charge in [-0.3, -0.25) is 0 Å². The second-order valence-electron chi connectivity index (χ2n) is 4.18. The van der Waals surface area contributed by atoms with Crippen molar-refractivity contribution in [3.05, 3.63) is 34.9 Å². The van der Waals surface area contributed by atoms with Crippen LogP contribution in [-0.2, 0) is 9.53 Å². The minimum atomic E-state index is -1.11. The van der Waals surface area contributed by atoms with Crippen LogP contribution in [0.25, 0.3) is 0 Å². The van der Waals surface area contributed by atoms with Gasteiger partial charge in [-0.1, -0.05) is 36.2 Å². The molecule has 0 amide bonds. The molecule has 0 bridgehead atoms. The minimum Gasteiger partial charge on any atom is -0.467 e. The number of esters is 1. The number of hydrogen-bond donors (Lipinski definition) is 1. The molecule has 0 heterocycles. The van der Waals surface area contributed by atoms with Crippen LogP contribution in [0.1, 0.15) is 29.5 Å². The van der Waals surface area contributed by atoms with Crippen molar-refractivity contribution < 1.29 is 14.6 Å². The first-order valence-electron chi connectivity index (χ1n) is 5.29. The van der Waals surface area contributed by atoms with Gasteiger partial charge in [-0.25, -0.2) is 4.79 Å². The number of carbonyl (C=O) groups is 1. The predicted octanol–water partition coefficient (Wildman–Crippen LogP) is 1.94. The fourth-order valence-electron chi connectivity index (χ4n) is 1.78. The Morgan fingerprint density at radius 3 is 2.19 bits per heavy atom. The highest BCUT2D eigenvalue weighted by molar-refractivity contribution is 5.75. The Hall–Kier alpha value is -1.35. The molecule has 1 N–H and O–H groups in total. The van der Waals surface area contributed by atoms with E-state index >= 15 is 0 Å². The fourth-order valence-corrected chi connectivity index (χ4v) is 1.78. The molecule has 3 heteroatoms. The molecule has 88 valence electrons. The molecule has 0 aromatic heterocycles. The van der Waals surface area contributed by atoms with E-state index in [9.17, 15) is 9.90 Å². The normalized spacial score (nSPS) is 14.3. The van der Waals surface area contributed by atoms with Crippen LogP contribution in [0.5, 0.6) is 0 Å². The van der Waals surface area contributed by atoms with Crippen molar-refractivity contribution >= 4 is 5.97 Å². The SMILES string of the molecule is COC(=O)C(O)C(C)c1cc(C)cc(C)c1. The van der Waals surface area contributed by atoms with Gasteiger partial charge in [0.2, 0.25) is 0 Å². The van der Waals surface area contributed by atoms with E-state index in [0.717, 1.165) is 16.7 Å². The molecule has 0 aliphatic carbocycles. The van der Waals surface area contributed by atoms with Crippen molar-refractivity contribution in [2.24, 2.45) is 0 Å². The van der Waals surface area contributed by atoms with E-state index in [1.165, 1.54) is 7.11 Å². The maximum atomic E-state index is 11.2. The highest BCUT2D eigenvalue weighted by Crippen LogP contribution is 2.22. The molecule has 1 aromatic carbocycles. The van der Waals surface area contributed by atoms with Crippen LogP contribution in [0, 0.1) is 13.8 Å². The zero-order chi connectivity index (χ0) is 12.3. The van der Waals surface area contributed by atoms with Gasteiger partial charge in [0.1, 0.15) is 0 Å². The Bertz CT molecular complexity index is 365. The summed E-state index contributed by atoms with van der Waals surface area (Å²) in [6.45, 7) is 5.80. The zero-order valence-corrected chi connectivity index (χ0v) is 10.2. The number of hydrogen-bond acceptors (Lipinski definition) is 3. The molecular formula is C13H18O3. The van der Waals surface area contributed by atoms with Crippen molar-refractivity contribution in [2.45, 2.75) is 32.8 Å². The lowest BCUT2D eigenvalue weighted by Crippen LogP contribution is -2.27. The highest BCUT2D eigenvalue weighted by Gasteiger charge is 2.24. The molecule has 0 radical (unpaired) electrons. The van der Waals surface area contributed by atoms with Crippen molar-refractivity contribution in [3.63, 3.8) is 0 Å². The van der Waals surface area contributed by atoms with Gasteiger partial charge in [0.25, 0.3) is 0 Å². The zero-order valence-electron chi connectivity index (χ0n) is 10.2. The Balaban J connectivity index is 2.95. The maximum Gasteiger partial charge on any atom is 0.335 e. The molecule has 0 saturated heterocycles. The lowest BCUT2D eigenvalue weighted by Gasteiger charge is -2.18. The molecule has 0 saturated carbocycles. The summed E-state index contributed by atoms with van der Waals surface area (Å²) in [5, 5.41) is 9.75. The summed E-state index contributed by atoms with van der Waals surface area (Å²) < 4.78 is 4.53. The summed E-state index contributed by atoms with van der Waals surface area (Å²) in [7, 11) is 1.28. The van der Waals surface area contributed by atoms with Crippen LogP contribution in [0.2, 0.25) is 0 Å². The van der Waals surface area contributed by atoms with E-state index in [1.807, 2.05) is 32.9 Å². The van der Waals surface area contributed by atoms with E-state index in [0.29, 0.717) is 0 Å². The second-order valence-corrected chi connectivity index (χ2v) is 4.18. The Kier molecular flexibility index (Phi) is 4.07. The van der Waals surface area contributed by atoms with Crippen LogP contribution >= 0.6 is 0 Å². The lowest BCUT2D eigenvalue weighted by atomic mass is 9.92. The third-order valence-electron chi connectivity index (χ3n) is 2.69. The van der Waals surface area contributed by atoms with Crippen LogP contribution in [-0.4, -0.2) is 24.3 Å². The molecule has 2 unspecified atom stereocenters. The summed E-state index contributed by atoms with van der Waals surface area (Å²) in [6.07, 6.45) is -1.11. The molecule has 3 nitrogen and oxygen atoms in total. The second kappa shape index (κ2) is 5.12. The molecule has 0 fully saturated rings. The number of methoxy groups -OCH3 is 1. The van der Waals surface area contributed by atoms with Gasteiger partial charge in [-0.2, -0.15) is 0 Å². The van der Waals surface area contributed by atoms with E-state index in [4.69, 9.17) is 0 Å². The van der Waals surface area contributed by atoms with E-state index in [1.54, 1.807) is 0 Å². The first-order chi connectivity index (χ1) is 7.45. The third-order valence-corrected chi connectivity index (χ3v) is 2.69. The number of rotatable bonds is 3. The van der Waals surface area contributed by atoms with Crippen LogP contribution in [0.3, 0.4) is 0 Å². The average Bonchev–Trinajstić information content (AvgIpc) is 2.24. The summed E-state index contributed by atoms with van der Waals surface area (Å²) in [5.41, 5.74) is 3.20. The largest absolute Gasteiger partial charge is 0.467 e. The topological polar surface area (TPSA) is 46.5 Å². The van der Waals surface area contributed by atoms with Crippen LogP contribution < -0.4 is 0 Å². The molecular weight excluding hydrogens is 204 g/mol. The molecule has 1 aromatic rings. The van der Waals surface area contributed by atoms with Crippen molar-refractivity contribution in [1.82, 2.24) is 0 Å². The van der Waals surface area contributed by atoms with Gasteiger partial charge in [0, 0.05) is 5.92 Å². The van der Waals surface area contributed by atoms with Crippen molar-refractivity contribution in [3.8, 4) is 0 Å². The molecule has 1 rings (SSSR count). The summed E-state index contributed by atoms with van der Waals surface area (Å²) in [4.78, 5) is 11.2. The minimum absolute atomic E-state index is 0.258. The number of aryl methyl sites for hydroxylation is 2. The molecule has 0 spiro atoms. The Morgan fingerprint density at radius 2 is 1.75 bits per heavy atom. The third kappa shape index (κ3) is 2.83. The van der Waals surface area contributed by atoms with Gasteiger partial charge in [-0.05, 0) is 19.4 Å². The first kappa shape index (κ1) is 12.7. The van der Waals surface area contributed by atoms with Gasteiger partial charge >= 0.3 is 5.97 Å². The van der Waals surface area contributed by atoms with Crippen molar-refractivity contribution in [2.75, 3.05) is 7.11 Å². The summed E-state index contributed by atoms with van der Waals surface area (Å²) in [6, 6.07) is 6.01. The van der Waals surface area contributed by atoms with E-state index in [-0.39, 0.29) is 5.92 Å². The lowest BCUT2D eigenvalue weighted by molar-refractivity contribution is -0.151. The molecule has 0 aliphatic heterocycles. The van der Waals surface area contributed by atoms with Crippen LogP contribution in [0.15, 0.2) is 18.2 Å². The van der Waals surface area contributed by atoms with Gasteiger partial charge in [0.05, 0.1) is 7.11 Å². The molecule has 16 heavy (non-hydrogen) atoms. The Morgan fingerprint density at radius 1 is 1.25 bits per heavy atom. The number of aliphatic hydroxyl groups is 1. The first-order valence-corrected chi connectivity index (χ1v) is 5.29. The highest BCUT2D eigenvalue weighted by atomic mass is 16.5. The smallest absolute Gasteiger partial charge is 0.335 e. The van der Waals surface area contributed by atoms with Crippen molar-refractivity contribution in [1.29, 1.82) is 0 Å². The van der Waals surface area contributed by atoms with Gasteiger partial charge in [0.15, 0.2) is 6.10 Å². The Labute approximate surface area is 96.1 Å². The summed E-state index contributed by atoms with van der Waals surface area (Å²) in [5.74, 6) is -0.849. The quantitative estimate of drug-likeness (QED) is 0.795. The standard InChI is InChI=1S/C13H18O3/c1-8-5-9(2)7-11(6-8)10(3)12(14)13(15)16-4/h5-7,10,12,14H,1-4H3. The van der Waals surface area contributed by atoms with Crippen LogP contribution in [0.4, 0.5) is 0 Å².